The van der Waals surface area contributed by atoms with E-state index in [2.05, 4.69) is 5.32 Å². The van der Waals surface area contributed by atoms with Crippen LogP contribution < -0.4 is 11.1 Å². The maximum Gasteiger partial charge on any atom is 0.106 e. The van der Waals surface area contributed by atoms with Gasteiger partial charge in [-0.25, -0.2) is 0 Å². The Balaban J connectivity index is 1.82. The molecule has 2 saturated heterocycles. The van der Waals surface area contributed by atoms with Crippen molar-refractivity contribution in [1.82, 2.24) is 0 Å². The Morgan fingerprint density at radius 1 is 1.44 bits per heavy atom. The molecule has 3 rings (SSSR count). The highest BCUT2D eigenvalue weighted by Crippen LogP contribution is 2.36. The molecule has 2 heterocycles. The predicted molar refractivity (Wildman–Crippen MR) is 77.3 cm³/mol. The van der Waals surface area contributed by atoms with Crippen LogP contribution in [-0.2, 0) is 4.74 Å². The molecule has 1 aromatic carbocycles. The summed E-state index contributed by atoms with van der Waals surface area (Å²) in [5.74, 6) is 0. The van der Waals surface area contributed by atoms with Crippen molar-refractivity contribution in [2.24, 2.45) is 5.73 Å². The standard InChI is InChI=1S/C13H15ClN2OS/c14-7-1-3-10(9(5-7)13(15)18)16-11-6-8-2-4-12(11)17-8/h1,3,5,8,11-12,16H,2,4,6H2,(H2,15,18). The quantitative estimate of drug-likeness (QED) is 0.837. The lowest BCUT2D eigenvalue weighted by Gasteiger charge is -2.22. The van der Waals surface area contributed by atoms with E-state index >= 15 is 0 Å². The van der Waals surface area contributed by atoms with Crippen molar-refractivity contribution in [3.63, 3.8) is 0 Å². The monoisotopic (exact) mass is 282 g/mol. The van der Waals surface area contributed by atoms with E-state index in [0.29, 0.717) is 28.3 Å². The van der Waals surface area contributed by atoms with E-state index in [4.69, 9.17) is 34.3 Å². The summed E-state index contributed by atoms with van der Waals surface area (Å²) >= 11 is 11.0. The van der Waals surface area contributed by atoms with Gasteiger partial charge in [0.05, 0.1) is 18.2 Å². The molecular formula is C13H15ClN2OS. The first-order chi connectivity index (χ1) is 8.63. The fraction of sp³-hybridized carbons (Fsp3) is 0.462. The number of nitrogens with one attached hydrogen (secondary N) is 1. The Hall–Kier alpha value is -0.840. The van der Waals surface area contributed by atoms with E-state index in [0.717, 1.165) is 24.1 Å². The zero-order valence-corrected chi connectivity index (χ0v) is 11.4. The van der Waals surface area contributed by atoms with Crippen LogP contribution in [0.3, 0.4) is 0 Å². The van der Waals surface area contributed by atoms with E-state index in [1.807, 2.05) is 12.1 Å². The SMILES string of the molecule is NC(=S)c1cc(Cl)ccc1NC1CC2CCC1O2. The fourth-order valence-electron chi connectivity index (χ4n) is 2.84. The number of anilines is 1. The summed E-state index contributed by atoms with van der Waals surface area (Å²) in [6, 6.07) is 5.95. The van der Waals surface area contributed by atoms with E-state index in [-0.39, 0.29) is 0 Å². The molecule has 2 bridgehead atoms. The van der Waals surface area contributed by atoms with Crippen LogP contribution >= 0.6 is 23.8 Å². The van der Waals surface area contributed by atoms with Gasteiger partial charge < -0.3 is 15.8 Å². The minimum atomic E-state index is 0.324. The Labute approximate surface area is 117 Å². The van der Waals surface area contributed by atoms with Crippen molar-refractivity contribution in [2.45, 2.75) is 37.5 Å². The first-order valence-electron chi connectivity index (χ1n) is 6.15. The maximum absolute atomic E-state index is 5.97. The Morgan fingerprint density at radius 2 is 2.28 bits per heavy atom. The number of benzene rings is 1. The van der Waals surface area contributed by atoms with Crippen LogP contribution in [-0.4, -0.2) is 23.2 Å². The molecular weight excluding hydrogens is 268 g/mol. The molecule has 3 nitrogen and oxygen atoms in total. The lowest BCUT2D eigenvalue weighted by atomic mass is 9.95. The van der Waals surface area contributed by atoms with Gasteiger partial charge in [0.2, 0.25) is 0 Å². The molecule has 0 spiro atoms. The number of rotatable bonds is 3. The number of thiocarbonyl (C=S) groups is 1. The normalized spacial score (nSPS) is 29.5. The van der Waals surface area contributed by atoms with Crippen LogP contribution in [0.2, 0.25) is 5.02 Å². The minimum Gasteiger partial charge on any atom is -0.389 e. The molecule has 0 radical (unpaired) electrons. The van der Waals surface area contributed by atoms with E-state index in [1.165, 1.54) is 6.42 Å². The van der Waals surface area contributed by atoms with Crippen LogP contribution in [0.15, 0.2) is 18.2 Å². The molecule has 3 N–H and O–H groups in total. The van der Waals surface area contributed by atoms with Gasteiger partial charge in [0, 0.05) is 16.3 Å². The first kappa shape index (κ1) is 12.2. The minimum absolute atomic E-state index is 0.324. The number of hydrogen-bond acceptors (Lipinski definition) is 3. The number of halogens is 1. The van der Waals surface area contributed by atoms with Gasteiger partial charge in [-0.1, -0.05) is 23.8 Å². The average Bonchev–Trinajstić information content (AvgIpc) is 2.93. The molecule has 2 fully saturated rings. The highest BCUT2D eigenvalue weighted by atomic mass is 35.5. The third-order valence-electron chi connectivity index (χ3n) is 3.69. The lowest BCUT2D eigenvalue weighted by Crippen LogP contribution is -2.31. The first-order valence-corrected chi connectivity index (χ1v) is 6.93. The molecule has 18 heavy (non-hydrogen) atoms. The molecule has 0 amide bonds. The van der Waals surface area contributed by atoms with E-state index in [9.17, 15) is 0 Å². The zero-order valence-electron chi connectivity index (χ0n) is 9.86. The molecule has 3 unspecified atom stereocenters. The van der Waals surface area contributed by atoms with E-state index in [1.54, 1.807) is 6.07 Å². The number of fused-ring (bicyclic) bond motifs is 2. The third-order valence-corrected chi connectivity index (χ3v) is 4.15. The second kappa shape index (κ2) is 4.68. The molecule has 2 aliphatic rings. The molecule has 1 aromatic rings. The summed E-state index contributed by atoms with van der Waals surface area (Å²) in [6.45, 7) is 0. The summed E-state index contributed by atoms with van der Waals surface area (Å²) in [4.78, 5) is 0.365. The average molecular weight is 283 g/mol. The van der Waals surface area contributed by atoms with Crippen LogP contribution in [0.25, 0.3) is 0 Å². The molecule has 0 aliphatic carbocycles. The van der Waals surface area contributed by atoms with Crippen molar-refractivity contribution in [3.05, 3.63) is 28.8 Å². The molecule has 96 valence electrons. The van der Waals surface area contributed by atoms with Crippen molar-refractivity contribution in [1.29, 1.82) is 0 Å². The van der Waals surface area contributed by atoms with Crippen molar-refractivity contribution >= 4 is 34.5 Å². The highest BCUT2D eigenvalue weighted by molar-refractivity contribution is 7.80. The van der Waals surface area contributed by atoms with E-state index < -0.39 is 0 Å². The van der Waals surface area contributed by atoms with Gasteiger partial charge in [0.25, 0.3) is 0 Å². The Morgan fingerprint density at radius 3 is 2.89 bits per heavy atom. The van der Waals surface area contributed by atoms with Crippen LogP contribution in [0.5, 0.6) is 0 Å². The fourth-order valence-corrected chi connectivity index (χ4v) is 3.18. The van der Waals surface area contributed by atoms with Gasteiger partial charge in [0.15, 0.2) is 0 Å². The topological polar surface area (TPSA) is 47.3 Å². The van der Waals surface area contributed by atoms with Gasteiger partial charge >= 0.3 is 0 Å². The van der Waals surface area contributed by atoms with Gasteiger partial charge in [-0.3, -0.25) is 0 Å². The largest absolute Gasteiger partial charge is 0.389 e. The number of hydrogen-bond donors (Lipinski definition) is 2. The van der Waals surface area contributed by atoms with Crippen LogP contribution in [0, 0.1) is 0 Å². The zero-order chi connectivity index (χ0) is 12.7. The molecule has 5 heteroatoms. The summed E-state index contributed by atoms with van der Waals surface area (Å²) in [5, 5.41) is 4.14. The number of nitrogens with two attached hydrogens (primary N) is 1. The summed E-state index contributed by atoms with van der Waals surface area (Å²) in [5.41, 5.74) is 7.49. The Kier molecular flexibility index (Phi) is 3.18. The predicted octanol–water partition coefficient (Wildman–Crippen LogP) is 2.71. The molecule has 2 aliphatic heterocycles. The summed E-state index contributed by atoms with van der Waals surface area (Å²) in [6.07, 6.45) is 4.13. The van der Waals surface area contributed by atoms with Crippen molar-refractivity contribution in [2.75, 3.05) is 5.32 Å². The van der Waals surface area contributed by atoms with Gasteiger partial charge in [-0.15, -0.1) is 0 Å². The van der Waals surface area contributed by atoms with Gasteiger partial charge in [-0.05, 0) is 37.5 Å². The molecule has 0 saturated carbocycles. The van der Waals surface area contributed by atoms with Crippen LogP contribution in [0.1, 0.15) is 24.8 Å². The van der Waals surface area contributed by atoms with Crippen molar-refractivity contribution < 1.29 is 4.74 Å². The smallest absolute Gasteiger partial charge is 0.106 e. The van der Waals surface area contributed by atoms with Gasteiger partial charge in [-0.2, -0.15) is 0 Å². The third kappa shape index (κ3) is 2.20. The summed E-state index contributed by atoms with van der Waals surface area (Å²) < 4.78 is 5.83. The lowest BCUT2D eigenvalue weighted by molar-refractivity contribution is 0.102. The second-order valence-corrected chi connectivity index (χ2v) is 5.79. The Bertz CT molecular complexity index is 494. The highest BCUT2D eigenvalue weighted by Gasteiger charge is 2.40. The molecule has 3 atom stereocenters. The van der Waals surface area contributed by atoms with Gasteiger partial charge in [0.1, 0.15) is 4.99 Å². The second-order valence-electron chi connectivity index (χ2n) is 4.91. The number of ether oxygens (including phenoxy) is 1. The summed E-state index contributed by atoms with van der Waals surface area (Å²) in [7, 11) is 0. The van der Waals surface area contributed by atoms with Crippen molar-refractivity contribution in [3.8, 4) is 0 Å². The molecule has 0 aromatic heterocycles. The maximum atomic E-state index is 5.97. The van der Waals surface area contributed by atoms with Crippen LogP contribution in [0.4, 0.5) is 5.69 Å².